The van der Waals surface area contributed by atoms with Gasteiger partial charge in [0.15, 0.2) is 11.6 Å². The Kier molecular flexibility index (Phi) is 5.54. The van der Waals surface area contributed by atoms with E-state index in [0.29, 0.717) is 35.8 Å². The lowest BCUT2D eigenvalue weighted by Crippen LogP contribution is -2.39. The summed E-state index contributed by atoms with van der Waals surface area (Å²) in [7, 11) is 0. The molecule has 1 aliphatic rings. The second-order valence-corrected chi connectivity index (χ2v) is 7.74. The van der Waals surface area contributed by atoms with E-state index in [-0.39, 0.29) is 11.9 Å². The van der Waals surface area contributed by atoms with Gasteiger partial charge in [-0.3, -0.25) is 9.69 Å². The minimum atomic E-state index is -0.493. The van der Waals surface area contributed by atoms with Crippen LogP contribution in [0.2, 0.25) is 0 Å². The molecule has 1 saturated heterocycles. The quantitative estimate of drug-likeness (QED) is 0.690. The molecular weight excluding hydrogens is 387 g/mol. The van der Waals surface area contributed by atoms with Crippen molar-refractivity contribution in [3.63, 3.8) is 0 Å². The Morgan fingerprint density at radius 1 is 1.27 bits per heavy atom. The highest BCUT2D eigenvalue weighted by Crippen LogP contribution is 2.27. The van der Waals surface area contributed by atoms with Crippen LogP contribution in [0.15, 0.2) is 35.0 Å². The largest absolute Gasteiger partial charge is 0.424 e. The Labute approximate surface area is 173 Å². The lowest BCUT2D eigenvalue weighted by Gasteiger charge is -2.22. The first kappa shape index (κ1) is 20.1. The van der Waals surface area contributed by atoms with Gasteiger partial charge in [0.2, 0.25) is 17.7 Å². The van der Waals surface area contributed by atoms with Crippen LogP contribution in [-0.4, -0.2) is 43.6 Å². The zero-order chi connectivity index (χ0) is 21.3. The molecular formula is C21H23FN6O2. The number of anilines is 1. The second kappa shape index (κ2) is 8.27. The number of nitrogens with zero attached hydrogens (tertiary/aromatic N) is 5. The van der Waals surface area contributed by atoms with Crippen LogP contribution in [0.4, 0.5) is 10.1 Å². The van der Waals surface area contributed by atoms with Gasteiger partial charge in [0, 0.05) is 24.7 Å². The molecule has 0 spiro atoms. The van der Waals surface area contributed by atoms with Crippen molar-refractivity contribution >= 4 is 11.6 Å². The van der Waals surface area contributed by atoms with E-state index in [1.54, 1.807) is 6.92 Å². The van der Waals surface area contributed by atoms with Gasteiger partial charge in [0.05, 0.1) is 25.0 Å². The van der Waals surface area contributed by atoms with Crippen molar-refractivity contribution < 1.29 is 13.6 Å². The molecule has 1 amide bonds. The molecule has 0 unspecified atom stereocenters. The summed E-state index contributed by atoms with van der Waals surface area (Å²) in [6.07, 6.45) is 3.01. The van der Waals surface area contributed by atoms with Gasteiger partial charge in [-0.15, -0.1) is 10.2 Å². The number of carbonyl (C=O) groups excluding carboxylic acids is 1. The Morgan fingerprint density at radius 3 is 2.73 bits per heavy atom. The average molecular weight is 410 g/mol. The minimum absolute atomic E-state index is 0.0922. The summed E-state index contributed by atoms with van der Waals surface area (Å²) in [5.41, 5.74) is 2.31. The fourth-order valence-electron chi connectivity index (χ4n) is 3.77. The Hall–Kier alpha value is -3.20. The van der Waals surface area contributed by atoms with Crippen LogP contribution >= 0.6 is 0 Å². The number of aryl methyl sites for hydroxylation is 2. The molecule has 2 aromatic heterocycles. The molecule has 1 fully saturated rings. The van der Waals surface area contributed by atoms with Gasteiger partial charge in [-0.2, -0.15) is 0 Å². The van der Waals surface area contributed by atoms with E-state index in [4.69, 9.17) is 4.42 Å². The molecule has 30 heavy (non-hydrogen) atoms. The van der Waals surface area contributed by atoms with Crippen molar-refractivity contribution in [1.82, 2.24) is 25.1 Å². The first-order chi connectivity index (χ1) is 14.4. The van der Waals surface area contributed by atoms with Crippen molar-refractivity contribution in [2.45, 2.75) is 39.8 Å². The monoisotopic (exact) mass is 410 g/mol. The maximum atomic E-state index is 13.2. The van der Waals surface area contributed by atoms with Crippen molar-refractivity contribution in [3.05, 3.63) is 53.8 Å². The Balaban J connectivity index is 1.51. The fraction of sp³-hybridized carbons (Fsp3) is 0.381. The maximum absolute atomic E-state index is 13.2. The van der Waals surface area contributed by atoms with Crippen LogP contribution in [0.1, 0.15) is 30.7 Å². The average Bonchev–Trinajstić information content (AvgIpc) is 3.29. The summed E-state index contributed by atoms with van der Waals surface area (Å²) in [6.45, 7) is 7.00. The van der Waals surface area contributed by atoms with Crippen LogP contribution in [0.25, 0.3) is 11.4 Å². The predicted octanol–water partition coefficient (Wildman–Crippen LogP) is 3.13. The molecule has 3 aromatic rings. The molecule has 1 aromatic carbocycles. The molecule has 1 aliphatic heterocycles. The van der Waals surface area contributed by atoms with Gasteiger partial charge in [-0.1, -0.05) is 13.0 Å². The summed E-state index contributed by atoms with van der Waals surface area (Å²) in [5, 5.41) is 10.9. The van der Waals surface area contributed by atoms with Crippen molar-refractivity contribution in [1.29, 1.82) is 0 Å². The lowest BCUT2D eigenvalue weighted by molar-refractivity contribution is -0.120. The van der Waals surface area contributed by atoms with E-state index < -0.39 is 5.82 Å². The number of halogens is 1. The van der Waals surface area contributed by atoms with E-state index >= 15 is 0 Å². The van der Waals surface area contributed by atoms with Gasteiger partial charge in [0.25, 0.3) is 0 Å². The fourth-order valence-corrected chi connectivity index (χ4v) is 3.77. The minimum Gasteiger partial charge on any atom is -0.424 e. The Morgan fingerprint density at radius 2 is 2.03 bits per heavy atom. The third-order valence-corrected chi connectivity index (χ3v) is 5.19. The van der Waals surface area contributed by atoms with E-state index in [1.165, 1.54) is 0 Å². The molecule has 3 heterocycles. The Bertz CT molecular complexity index is 1050. The molecule has 8 nitrogen and oxygen atoms in total. The van der Waals surface area contributed by atoms with Crippen LogP contribution in [0.5, 0.6) is 0 Å². The molecule has 0 bridgehead atoms. The van der Waals surface area contributed by atoms with Gasteiger partial charge in [-0.05, 0) is 37.0 Å². The molecule has 9 heteroatoms. The van der Waals surface area contributed by atoms with Gasteiger partial charge >= 0.3 is 0 Å². The number of rotatable bonds is 5. The highest BCUT2D eigenvalue weighted by atomic mass is 19.1. The van der Waals surface area contributed by atoms with E-state index in [1.807, 2.05) is 25.1 Å². The summed E-state index contributed by atoms with van der Waals surface area (Å²) in [5.74, 6) is 1.22. The SMILES string of the molecule is Cc1nnc(CN2C[C@@H](C)C[C@@H]2C(=O)Nc2ccc(C)c(-c3ncc(F)cn3)c2)o1. The third-order valence-electron chi connectivity index (χ3n) is 5.19. The van der Waals surface area contributed by atoms with Crippen LogP contribution < -0.4 is 5.32 Å². The molecule has 156 valence electrons. The number of hydrogen-bond acceptors (Lipinski definition) is 7. The number of amides is 1. The number of hydrogen-bond donors (Lipinski definition) is 1. The number of benzene rings is 1. The van der Waals surface area contributed by atoms with Crippen LogP contribution in [-0.2, 0) is 11.3 Å². The zero-order valence-electron chi connectivity index (χ0n) is 17.1. The lowest BCUT2D eigenvalue weighted by atomic mass is 10.1. The van der Waals surface area contributed by atoms with Crippen molar-refractivity contribution in [2.75, 3.05) is 11.9 Å². The van der Waals surface area contributed by atoms with Crippen LogP contribution in [0, 0.1) is 25.6 Å². The maximum Gasteiger partial charge on any atom is 0.241 e. The number of aromatic nitrogens is 4. The first-order valence-corrected chi connectivity index (χ1v) is 9.81. The topological polar surface area (TPSA) is 97.0 Å². The molecule has 0 radical (unpaired) electrons. The van der Waals surface area contributed by atoms with E-state index in [2.05, 4.69) is 37.3 Å². The molecule has 2 atom stereocenters. The summed E-state index contributed by atoms with van der Waals surface area (Å²) < 4.78 is 18.6. The molecule has 0 aliphatic carbocycles. The van der Waals surface area contributed by atoms with Crippen LogP contribution in [0.3, 0.4) is 0 Å². The molecule has 1 N–H and O–H groups in total. The van der Waals surface area contributed by atoms with Crippen molar-refractivity contribution in [3.8, 4) is 11.4 Å². The normalized spacial score (nSPS) is 19.2. The number of carbonyl (C=O) groups is 1. The number of nitrogens with one attached hydrogen (secondary N) is 1. The summed E-state index contributed by atoms with van der Waals surface area (Å²) in [6, 6.07) is 5.24. The van der Waals surface area contributed by atoms with Crippen molar-refractivity contribution in [2.24, 2.45) is 5.92 Å². The van der Waals surface area contributed by atoms with Gasteiger partial charge in [-0.25, -0.2) is 14.4 Å². The highest BCUT2D eigenvalue weighted by Gasteiger charge is 2.35. The molecule has 0 saturated carbocycles. The molecule has 4 rings (SSSR count). The summed E-state index contributed by atoms with van der Waals surface area (Å²) >= 11 is 0. The van der Waals surface area contributed by atoms with Gasteiger partial charge < -0.3 is 9.73 Å². The predicted molar refractivity (Wildman–Crippen MR) is 108 cm³/mol. The number of likely N-dealkylation sites (tertiary alicyclic amines) is 1. The van der Waals surface area contributed by atoms with E-state index in [9.17, 15) is 9.18 Å². The zero-order valence-corrected chi connectivity index (χ0v) is 17.1. The standard InChI is InChI=1S/C21H23FN6O2/c1-12-6-18(28(10-12)11-19-27-26-14(3)30-19)21(29)25-16-5-4-13(2)17(7-16)20-23-8-15(22)9-24-20/h4-5,7-9,12,18H,6,10-11H2,1-3H3,(H,25,29)/t12-,18+/m0/s1. The third kappa shape index (κ3) is 4.35. The first-order valence-electron chi connectivity index (χ1n) is 9.81. The van der Waals surface area contributed by atoms with Gasteiger partial charge in [0.1, 0.15) is 0 Å². The van der Waals surface area contributed by atoms with E-state index in [0.717, 1.165) is 36.5 Å². The summed E-state index contributed by atoms with van der Waals surface area (Å²) in [4.78, 5) is 23.2. The second-order valence-electron chi connectivity index (χ2n) is 7.74. The highest BCUT2D eigenvalue weighted by molar-refractivity contribution is 5.95. The smallest absolute Gasteiger partial charge is 0.241 e.